The average molecular weight is 217 g/mol. The summed E-state index contributed by atoms with van der Waals surface area (Å²) in [7, 11) is 0. The summed E-state index contributed by atoms with van der Waals surface area (Å²) in [6.45, 7) is 0.825. The molecule has 0 amide bonds. The summed E-state index contributed by atoms with van der Waals surface area (Å²) >= 11 is 0. The lowest BCUT2D eigenvalue weighted by atomic mass is 10.0. The van der Waals surface area contributed by atoms with E-state index in [9.17, 15) is 0 Å². The van der Waals surface area contributed by atoms with E-state index >= 15 is 0 Å². The van der Waals surface area contributed by atoms with Gasteiger partial charge in [-0.05, 0) is 6.07 Å². The maximum absolute atomic E-state index is 5.56. The third-order valence-electron chi connectivity index (χ3n) is 2.67. The van der Waals surface area contributed by atoms with Crippen LogP contribution in [0.5, 0.6) is 5.75 Å². The van der Waals surface area contributed by atoms with Crippen molar-refractivity contribution in [3.63, 3.8) is 0 Å². The monoisotopic (exact) mass is 217 g/mol. The molecule has 2 heterocycles. The largest absolute Gasteiger partial charge is 0.492 e. The standard InChI is InChI=1S/C11H11N3O2/c12-5-10-13-11(14-16-10)8-6-15-9-4-2-1-3-7(8)9/h1-4,8H,5-6,12H2. The molecule has 0 saturated heterocycles. The van der Waals surface area contributed by atoms with Gasteiger partial charge in [0, 0.05) is 5.56 Å². The summed E-state index contributed by atoms with van der Waals surface area (Å²) in [6.07, 6.45) is 0. The van der Waals surface area contributed by atoms with Crippen LogP contribution >= 0.6 is 0 Å². The van der Waals surface area contributed by atoms with Gasteiger partial charge in [-0.15, -0.1) is 0 Å². The summed E-state index contributed by atoms with van der Waals surface area (Å²) < 4.78 is 10.6. The van der Waals surface area contributed by atoms with Crippen molar-refractivity contribution in [3.8, 4) is 5.75 Å². The van der Waals surface area contributed by atoms with E-state index in [1.165, 1.54) is 0 Å². The quantitative estimate of drug-likeness (QED) is 0.813. The minimum absolute atomic E-state index is 0.0558. The van der Waals surface area contributed by atoms with Gasteiger partial charge in [0.15, 0.2) is 5.82 Å². The maximum atomic E-state index is 5.56. The van der Waals surface area contributed by atoms with Gasteiger partial charge in [0.25, 0.3) is 0 Å². The Balaban J connectivity index is 1.98. The van der Waals surface area contributed by atoms with Crippen LogP contribution in [0, 0.1) is 0 Å². The molecule has 1 atom stereocenters. The van der Waals surface area contributed by atoms with Crippen LogP contribution in [0.25, 0.3) is 0 Å². The highest BCUT2D eigenvalue weighted by Gasteiger charge is 2.29. The highest BCUT2D eigenvalue weighted by atomic mass is 16.5. The molecule has 0 saturated carbocycles. The molecule has 1 aromatic heterocycles. The number of nitrogens with two attached hydrogens (primary N) is 1. The summed E-state index contributed by atoms with van der Waals surface area (Å²) in [5.41, 5.74) is 6.53. The van der Waals surface area contributed by atoms with Crippen LogP contribution in [0.3, 0.4) is 0 Å². The highest BCUT2D eigenvalue weighted by molar-refractivity contribution is 5.42. The molecule has 2 aromatic rings. The van der Waals surface area contributed by atoms with Crippen LogP contribution < -0.4 is 10.5 Å². The number of hydrogen-bond acceptors (Lipinski definition) is 5. The Labute approximate surface area is 92.2 Å². The molecule has 82 valence electrons. The first-order valence-electron chi connectivity index (χ1n) is 5.13. The van der Waals surface area contributed by atoms with Crippen molar-refractivity contribution in [1.29, 1.82) is 0 Å². The molecule has 0 bridgehead atoms. The van der Waals surface area contributed by atoms with Crippen molar-refractivity contribution in [2.75, 3.05) is 6.61 Å². The van der Waals surface area contributed by atoms with Gasteiger partial charge in [-0.25, -0.2) is 0 Å². The summed E-state index contributed by atoms with van der Waals surface area (Å²) in [5, 5.41) is 3.92. The number of rotatable bonds is 2. The molecule has 0 aliphatic carbocycles. The first-order valence-corrected chi connectivity index (χ1v) is 5.13. The first-order chi connectivity index (χ1) is 7.88. The van der Waals surface area contributed by atoms with Crippen molar-refractivity contribution in [2.45, 2.75) is 12.5 Å². The lowest BCUT2D eigenvalue weighted by molar-refractivity contribution is 0.331. The molecule has 5 heteroatoms. The van der Waals surface area contributed by atoms with Crippen LogP contribution in [0.4, 0.5) is 0 Å². The van der Waals surface area contributed by atoms with Gasteiger partial charge < -0.3 is 15.0 Å². The van der Waals surface area contributed by atoms with Crippen LogP contribution in [0.1, 0.15) is 23.2 Å². The molecule has 1 aromatic carbocycles. The first kappa shape index (κ1) is 9.35. The van der Waals surface area contributed by atoms with Gasteiger partial charge >= 0.3 is 0 Å². The van der Waals surface area contributed by atoms with Gasteiger partial charge in [-0.3, -0.25) is 0 Å². The molecule has 1 aliphatic rings. The van der Waals surface area contributed by atoms with Gasteiger partial charge in [-0.1, -0.05) is 23.4 Å². The lowest BCUT2D eigenvalue weighted by Gasteiger charge is -2.01. The van der Waals surface area contributed by atoms with E-state index < -0.39 is 0 Å². The molecule has 1 unspecified atom stereocenters. The second-order valence-corrected chi connectivity index (χ2v) is 3.65. The second kappa shape index (κ2) is 3.61. The van der Waals surface area contributed by atoms with Crippen LogP contribution in [0.15, 0.2) is 28.8 Å². The molecule has 0 fully saturated rings. The Kier molecular flexibility index (Phi) is 2.11. The zero-order valence-corrected chi connectivity index (χ0v) is 8.59. The Hall–Kier alpha value is -1.88. The van der Waals surface area contributed by atoms with Crippen molar-refractivity contribution in [1.82, 2.24) is 10.1 Å². The topological polar surface area (TPSA) is 74.2 Å². The van der Waals surface area contributed by atoms with Crippen molar-refractivity contribution < 1.29 is 9.26 Å². The third kappa shape index (κ3) is 1.37. The van der Waals surface area contributed by atoms with E-state index in [2.05, 4.69) is 10.1 Å². The van der Waals surface area contributed by atoms with Crippen molar-refractivity contribution >= 4 is 0 Å². The third-order valence-corrected chi connectivity index (χ3v) is 2.67. The fourth-order valence-electron chi connectivity index (χ4n) is 1.87. The molecular weight excluding hydrogens is 206 g/mol. The van der Waals surface area contributed by atoms with Crippen LogP contribution in [0.2, 0.25) is 0 Å². The molecule has 3 rings (SSSR count). The number of ether oxygens (including phenoxy) is 1. The normalized spacial score (nSPS) is 18.2. The highest BCUT2D eigenvalue weighted by Crippen LogP contribution is 2.36. The fourth-order valence-corrected chi connectivity index (χ4v) is 1.87. The van der Waals surface area contributed by atoms with E-state index in [1.807, 2.05) is 24.3 Å². The maximum Gasteiger partial charge on any atom is 0.240 e. The predicted molar refractivity (Wildman–Crippen MR) is 56.0 cm³/mol. The minimum atomic E-state index is 0.0558. The van der Waals surface area contributed by atoms with E-state index in [4.69, 9.17) is 15.0 Å². The van der Waals surface area contributed by atoms with Crippen LogP contribution in [-0.2, 0) is 6.54 Å². The molecular formula is C11H11N3O2. The van der Waals surface area contributed by atoms with E-state index in [-0.39, 0.29) is 12.5 Å². The second-order valence-electron chi connectivity index (χ2n) is 3.65. The van der Waals surface area contributed by atoms with Crippen LogP contribution in [-0.4, -0.2) is 16.7 Å². The smallest absolute Gasteiger partial charge is 0.240 e. The minimum Gasteiger partial charge on any atom is -0.492 e. The Morgan fingerprint density at radius 3 is 3.06 bits per heavy atom. The molecule has 5 nitrogen and oxygen atoms in total. The van der Waals surface area contributed by atoms with Gasteiger partial charge in [-0.2, -0.15) is 4.98 Å². The molecule has 0 spiro atoms. The summed E-state index contributed by atoms with van der Waals surface area (Å²) in [5.74, 6) is 2.05. The van der Waals surface area contributed by atoms with Crippen molar-refractivity contribution in [3.05, 3.63) is 41.5 Å². The van der Waals surface area contributed by atoms with Gasteiger partial charge in [0.1, 0.15) is 12.4 Å². The number of aromatic nitrogens is 2. The zero-order chi connectivity index (χ0) is 11.0. The number of fused-ring (bicyclic) bond motifs is 1. The van der Waals surface area contributed by atoms with E-state index in [0.717, 1.165) is 11.3 Å². The fraction of sp³-hybridized carbons (Fsp3) is 0.273. The lowest BCUT2D eigenvalue weighted by Crippen LogP contribution is -2.05. The summed E-state index contributed by atoms with van der Waals surface area (Å²) in [6, 6.07) is 7.89. The Bertz CT molecular complexity index is 509. The average Bonchev–Trinajstić information content (AvgIpc) is 2.94. The molecule has 1 aliphatic heterocycles. The molecule has 0 radical (unpaired) electrons. The molecule has 16 heavy (non-hydrogen) atoms. The van der Waals surface area contributed by atoms with E-state index in [1.54, 1.807) is 0 Å². The van der Waals surface area contributed by atoms with Crippen molar-refractivity contribution in [2.24, 2.45) is 5.73 Å². The van der Waals surface area contributed by atoms with Gasteiger partial charge in [0.05, 0.1) is 12.5 Å². The van der Waals surface area contributed by atoms with Gasteiger partial charge in [0.2, 0.25) is 5.89 Å². The number of benzene rings is 1. The predicted octanol–water partition coefficient (Wildman–Crippen LogP) is 1.05. The van der Waals surface area contributed by atoms with E-state index in [0.29, 0.717) is 18.3 Å². The number of para-hydroxylation sites is 1. The Morgan fingerprint density at radius 1 is 1.38 bits per heavy atom. The molecule has 2 N–H and O–H groups in total. The number of hydrogen-bond donors (Lipinski definition) is 1. The number of nitrogens with zero attached hydrogens (tertiary/aromatic N) is 2. The zero-order valence-electron chi connectivity index (χ0n) is 8.59. The SMILES string of the molecule is NCc1nc(C2COc3ccccc32)no1. The Morgan fingerprint density at radius 2 is 2.25 bits per heavy atom. The summed E-state index contributed by atoms with van der Waals surface area (Å²) in [4.78, 5) is 4.23.